The summed E-state index contributed by atoms with van der Waals surface area (Å²) in [6, 6.07) is 2.73. The summed E-state index contributed by atoms with van der Waals surface area (Å²) in [4.78, 5) is 6.94. The Balaban J connectivity index is 1.67. The first-order valence-electron chi connectivity index (χ1n) is 9.33. The highest BCUT2D eigenvalue weighted by molar-refractivity contribution is 5.79. The van der Waals surface area contributed by atoms with Gasteiger partial charge in [0.2, 0.25) is 0 Å². The van der Waals surface area contributed by atoms with E-state index in [0.29, 0.717) is 6.04 Å². The van der Waals surface area contributed by atoms with Gasteiger partial charge >= 0.3 is 0 Å². The second kappa shape index (κ2) is 9.67. The largest absolute Gasteiger partial charge is 0.356 e. The molecule has 0 radical (unpaired) electrons. The maximum Gasteiger partial charge on any atom is 0.191 e. The molecule has 2 N–H and O–H groups in total. The number of rotatable bonds is 8. The molecule has 1 aromatic heterocycles. The molecule has 0 amide bonds. The molecule has 1 fully saturated rings. The van der Waals surface area contributed by atoms with Crippen LogP contribution in [0.2, 0.25) is 0 Å². The standard InChI is InChI=1S/C18H34N6/c1-5-17(23-10-6-7-11-23)14-21-18(19-4)20-9-8-12-24-16(3)13-15(2)22-24/h13,17H,5-12,14H2,1-4H3,(H2,19,20,21). The monoisotopic (exact) mass is 334 g/mol. The fraction of sp³-hybridized carbons (Fsp3) is 0.778. The molecule has 1 unspecified atom stereocenters. The van der Waals surface area contributed by atoms with Crippen molar-refractivity contribution in [1.29, 1.82) is 0 Å². The molecule has 0 aliphatic carbocycles. The van der Waals surface area contributed by atoms with E-state index in [0.717, 1.165) is 37.7 Å². The van der Waals surface area contributed by atoms with Crippen LogP contribution in [0.3, 0.4) is 0 Å². The topological polar surface area (TPSA) is 57.5 Å². The Morgan fingerprint density at radius 1 is 1.29 bits per heavy atom. The predicted octanol–water partition coefficient (Wildman–Crippen LogP) is 1.93. The Morgan fingerprint density at radius 3 is 2.62 bits per heavy atom. The molecule has 1 saturated heterocycles. The lowest BCUT2D eigenvalue weighted by molar-refractivity contribution is 0.236. The number of aliphatic imine (C=N–C) groups is 1. The molecule has 0 bridgehead atoms. The van der Waals surface area contributed by atoms with Crippen molar-refractivity contribution in [1.82, 2.24) is 25.3 Å². The summed E-state index contributed by atoms with van der Waals surface area (Å²) in [5.74, 6) is 0.904. The number of guanidine groups is 1. The van der Waals surface area contributed by atoms with E-state index in [2.05, 4.69) is 50.2 Å². The Morgan fingerprint density at radius 2 is 2.04 bits per heavy atom. The molecule has 136 valence electrons. The van der Waals surface area contributed by atoms with E-state index >= 15 is 0 Å². The van der Waals surface area contributed by atoms with Gasteiger partial charge in [0.15, 0.2) is 5.96 Å². The van der Waals surface area contributed by atoms with Gasteiger partial charge in [-0.2, -0.15) is 5.10 Å². The second-order valence-electron chi connectivity index (χ2n) is 6.69. The minimum Gasteiger partial charge on any atom is -0.356 e. The van der Waals surface area contributed by atoms with Crippen molar-refractivity contribution < 1.29 is 0 Å². The molecule has 2 rings (SSSR count). The van der Waals surface area contributed by atoms with Crippen molar-refractivity contribution in [3.8, 4) is 0 Å². The lowest BCUT2D eigenvalue weighted by Gasteiger charge is -2.27. The molecule has 1 aliphatic heterocycles. The van der Waals surface area contributed by atoms with Gasteiger partial charge in [0.05, 0.1) is 5.69 Å². The van der Waals surface area contributed by atoms with Crippen LogP contribution in [-0.2, 0) is 6.54 Å². The normalized spacial score (nSPS) is 17.2. The van der Waals surface area contributed by atoms with Crippen molar-refractivity contribution in [3.05, 3.63) is 17.5 Å². The van der Waals surface area contributed by atoms with Crippen LogP contribution in [0.5, 0.6) is 0 Å². The fourth-order valence-corrected chi connectivity index (χ4v) is 3.41. The maximum atomic E-state index is 4.50. The summed E-state index contributed by atoms with van der Waals surface area (Å²) in [5, 5.41) is 11.4. The number of likely N-dealkylation sites (tertiary alicyclic amines) is 1. The van der Waals surface area contributed by atoms with Crippen LogP contribution >= 0.6 is 0 Å². The van der Waals surface area contributed by atoms with Gasteiger partial charge in [-0.1, -0.05) is 6.92 Å². The third-order valence-electron chi connectivity index (χ3n) is 4.80. The van der Waals surface area contributed by atoms with Gasteiger partial charge in [-0.05, 0) is 58.7 Å². The van der Waals surface area contributed by atoms with Gasteiger partial charge in [0, 0.05) is 38.4 Å². The van der Waals surface area contributed by atoms with E-state index in [-0.39, 0.29) is 0 Å². The third-order valence-corrected chi connectivity index (χ3v) is 4.80. The van der Waals surface area contributed by atoms with Crippen LogP contribution in [0, 0.1) is 13.8 Å². The minimum atomic E-state index is 0.612. The van der Waals surface area contributed by atoms with Gasteiger partial charge in [-0.3, -0.25) is 14.6 Å². The first-order chi connectivity index (χ1) is 11.6. The van der Waals surface area contributed by atoms with Gasteiger partial charge in [0.25, 0.3) is 0 Å². The van der Waals surface area contributed by atoms with Crippen molar-refractivity contribution in [2.24, 2.45) is 4.99 Å². The lowest BCUT2D eigenvalue weighted by atomic mass is 10.2. The number of nitrogens with zero attached hydrogens (tertiary/aromatic N) is 4. The molecule has 0 spiro atoms. The molecule has 0 saturated carbocycles. The molecule has 0 aromatic carbocycles. The second-order valence-corrected chi connectivity index (χ2v) is 6.69. The van der Waals surface area contributed by atoms with E-state index in [9.17, 15) is 0 Å². The SMILES string of the molecule is CCC(CNC(=NC)NCCCn1nc(C)cc1C)N1CCCC1. The fourth-order valence-electron chi connectivity index (χ4n) is 3.41. The van der Waals surface area contributed by atoms with Gasteiger partial charge < -0.3 is 10.6 Å². The highest BCUT2D eigenvalue weighted by Gasteiger charge is 2.20. The van der Waals surface area contributed by atoms with E-state index in [1.807, 2.05) is 14.0 Å². The van der Waals surface area contributed by atoms with Crippen molar-refractivity contribution in [3.63, 3.8) is 0 Å². The highest BCUT2D eigenvalue weighted by atomic mass is 15.3. The Hall–Kier alpha value is -1.56. The Labute approximate surface area is 146 Å². The van der Waals surface area contributed by atoms with Crippen molar-refractivity contribution in [2.75, 3.05) is 33.2 Å². The van der Waals surface area contributed by atoms with E-state index in [4.69, 9.17) is 0 Å². The molecule has 6 nitrogen and oxygen atoms in total. The van der Waals surface area contributed by atoms with E-state index in [1.54, 1.807) is 0 Å². The minimum absolute atomic E-state index is 0.612. The number of aromatic nitrogens is 2. The van der Waals surface area contributed by atoms with Crippen LogP contribution in [-0.4, -0.2) is 59.9 Å². The predicted molar refractivity (Wildman–Crippen MR) is 101 cm³/mol. The summed E-state index contributed by atoms with van der Waals surface area (Å²) in [6.07, 6.45) is 4.90. The van der Waals surface area contributed by atoms with E-state index in [1.165, 1.54) is 38.0 Å². The van der Waals surface area contributed by atoms with Crippen LogP contribution in [0.25, 0.3) is 0 Å². The number of aryl methyl sites for hydroxylation is 3. The molecular weight excluding hydrogens is 300 g/mol. The van der Waals surface area contributed by atoms with Gasteiger partial charge in [0.1, 0.15) is 0 Å². The average molecular weight is 335 g/mol. The average Bonchev–Trinajstić information content (AvgIpc) is 3.20. The van der Waals surface area contributed by atoms with Crippen LogP contribution in [0.15, 0.2) is 11.1 Å². The first kappa shape index (κ1) is 18.8. The summed E-state index contributed by atoms with van der Waals surface area (Å²) in [6.45, 7) is 11.7. The van der Waals surface area contributed by atoms with Gasteiger partial charge in [-0.25, -0.2) is 0 Å². The summed E-state index contributed by atoms with van der Waals surface area (Å²) < 4.78 is 2.08. The number of nitrogens with one attached hydrogen (secondary N) is 2. The highest BCUT2D eigenvalue weighted by Crippen LogP contribution is 2.13. The lowest BCUT2D eigenvalue weighted by Crippen LogP contribution is -2.46. The first-order valence-corrected chi connectivity index (χ1v) is 9.33. The van der Waals surface area contributed by atoms with Crippen LogP contribution < -0.4 is 10.6 Å². The quantitative estimate of drug-likeness (QED) is 0.433. The number of hydrogen-bond donors (Lipinski definition) is 2. The van der Waals surface area contributed by atoms with Crippen LogP contribution in [0.4, 0.5) is 0 Å². The van der Waals surface area contributed by atoms with Crippen molar-refractivity contribution in [2.45, 2.75) is 59.0 Å². The molecule has 1 atom stereocenters. The van der Waals surface area contributed by atoms with E-state index < -0.39 is 0 Å². The zero-order valence-corrected chi connectivity index (χ0v) is 15.8. The molecule has 1 aromatic rings. The maximum absolute atomic E-state index is 4.50. The molecular formula is C18H34N6. The zero-order chi connectivity index (χ0) is 17.4. The molecule has 2 heterocycles. The van der Waals surface area contributed by atoms with Crippen molar-refractivity contribution >= 4 is 5.96 Å². The third kappa shape index (κ3) is 5.51. The molecule has 24 heavy (non-hydrogen) atoms. The Bertz CT molecular complexity index is 516. The summed E-state index contributed by atoms with van der Waals surface area (Å²) >= 11 is 0. The summed E-state index contributed by atoms with van der Waals surface area (Å²) in [5.41, 5.74) is 2.32. The van der Waals surface area contributed by atoms with Crippen LogP contribution in [0.1, 0.15) is 44.0 Å². The Kier molecular flexibility index (Phi) is 7.56. The smallest absolute Gasteiger partial charge is 0.191 e. The molecule has 6 heteroatoms. The zero-order valence-electron chi connectivity index (χ0n) is 15.8. The summed E-state index contributed by atoms with van der Waals surface area (Å²) in [7, 11) is 1.84. The number of hydrogen-bond acceptors (Lipinski definition) is 3. The van der Waals surface area contributed by atoms with Gasteiger partial charge in [-0.15, -0.1) is 0 Å². The molecule has 1 aliphatic rings.